The van der Waals surface area contributed by atoms with E-state index in [0.29, 0.717) is 20.2 Å². The Hall–Kier alpha value is -0.112. The quantitative estimate of drug-likeness (QED) is 0.333. The highest BCUT2D eigenvalue weighted by Crippen LogP contribution is 2.59. The minimum absolute atomic E-state index is 0.250. The van der Waals surface area contributed by atoms with Crippen molar-refractivity contribution in [3.8, 4) is 0 Å². The van der Waals surface area contributed by atoms with Crippen LogP contribution in [0.1, 0.15) is 114 Å². The highest BCUT2D eigenvalue weighted by atomic mass is 29.8. The number of rotatable bonds is 5. The summed E-state index contributed by atoms with van der Waals surface area (Å²) in [5, 5.41) is 2.81. The molecule has 0 fully saturated rings. The SMILES string of the molecule is Cc1cc(C)c([Si](OC(C)C)=[Si]([Si](C)(C(C)(C)C)C(C)(C)C)[Si](C)(C(C)(C)C)C(C)(C)C)c(C)c1. The third kappa shape index (κ3) is 5.98. The van der Waals surface area contributed by atoms with Crippen LogP contribution in [0.5, 0.6) is 0 Å². The molecular formula is C30H60OSi4. The first-order valence-electron chi connectivity index (χ1n) is 13.7. The fourth-order valence-electron chi connectivity index (χ4n) is 6.72. The first-order chi connectivity index (χ1) is 15.2. The van der Waals surface area contributed by atoms with E-state index in [1.54, 1.807) is 5.19 Å². The van der Waals surface area contributed by atoms with Gasteiger partial charge in [-0.3, -0.25) is 0 Å². The monoisotopic (exact) mass is 548 g/mol. The maximum absolute atomic E-state index is 7.39. The number of benzene rings is 1. The molecule has 0 aliphatic rings. The van der Waals surface area contributed by atoms with E-state index in [-0.39, 0.29) is 6.10 Å². The van der Waals surface area contributed by atoms with Gasteiger partial charge in [-0.25, -0.2) is 0 Å². The van der Waals surface area contributed by atoms with Crippen molar-refractivity contribution < 1.29 is 4.43 Å². The molecule has 202 valence electrons. The van der Waals surface area contributed by atoms with Gasteiger partial charge in [-0.2, -0.15) is 0 Å². The van der Waals surface area contributed by atoms with Crippen molar-refractivity contribution >= 4 is 35.4 Å². The molecule has 0 heterocycles. The molecule has 0 unspecified atom stereocenters. The molecule has 0 radical (unpaired) electrons. The summed E-state index contributed by atoms with van der Waals surface area (Å²) in [6, 6.07) is 4.85. The summed E-state index contributed by atoms with van der Waals surface area (Å²) in [5.41, 5.74) is 4.32. The van der Waals surface area contributed by atoms with Crippen LogP contribution in [0.4, 0.5) is 0 Å². The van der Waals surface area contributed by atoms with E-state index >= 15 is 0 Å². The van der Waals surface area contributed by atoms with Crippen molar-refractivity contribution in [2.24, 2.45) is 0 Å². The Bertz CT molecular complexity index is 854. The number of hydrogen-bond donors (Lipinski definition) is 0. The molecule has 5 heteroatoms. The van der Waals surface area contributed by atoms with Gasteiger partial charge in [0.15, 0.2) is 0 Å². The molecule has 0 N–H and O–H groups in total. The molecule has 0 spiro atoms. The van der Waals surface area contributed by atoms with Gasteiger partial charge in [0.2, 0.25) is 8.13 Å². The van der Waals surface area contributed by atoms with Crippen LogP contribution in [0, 0.1) is 20.8 Å². The van der Waals surface area contributed by atoms with Crippen molar-refractivity contribution in [3.05, 3.63) is 28.8 Å². The largest absolute Gasteiger partial charge is 0.549 e. The lowest BCUT2D eigenvalue weighted by molar-refractivity contribution is 0.258. The molecule has 0 saturated heterocycles. The van der Waals surface area contributed by atoms with Crippen LogP contribution in [0.25, 0.3) is 0 Å². The van der Waals surface area contributed by atoms with Crippen molar-refractivity contribution in [3.63, 3.8) is 0 Å². The predicted octanol–water partition coefficient (Wildman–Crippen LogP) is 9.32. The Balaban J connectivity index is 4.76. The maximum atomic E-state index is 7.39. The average molecular weight is 549 g/mol. The van der Waals surface area contributed by atoms with Gasteiger partial charge in [0.25, 0.3) is 0 Å². The fraction of sp³-hybridized carbons (Fsp3) is 0.800. The molecule has 0 atom stereocenters. The molecule has 0 amide bonds. The zero-order chi connectivity index (χ0) is 28.2. The predicted molar refractivity (Wildman–Crippen MR) is 170 cm³/mol. The van der Waals surface area contributed by atoms with Crippen molar-refractivity contribution in [2.45, 2.75) is 157 Å². The van der Waals surface area contributed by atoms with Crippen molar-refractivity contribution in [1.82, 2.24) is 0 Å². The zero-order valence-corrected chi connectivity index (χ0v) is 31.1. The molecule has 0 saturated carbocycles. The lowest BCUT2D eigenvalue weighted by Crippen LogP contribution is -2.75. The van der Waals surface area contributed by atoms with Crippen LogP contribution in [-0.2, 0) is 4.43 Å². The highest BCUT2D eigenvalue weighted by Gasteiger charge is 2.64. The first kappa shape index (κ1) is 32.9. The van der Waals surface area contributed by atoms with Crippen molar-refractivity contribution in [2.75, 3.05) is 0 Å². The minimum atomic E-state index is -1.93. The minimum Gasteiger partial charge on any atom is -0.549 e. The molecule has 0 aliphatic heterocycles. The van der Waals surface area contributed by atoms with Crippen LogP contribution in [-0.4, -0.2) is 36.3 Å². The van der Waals surface area contributed by atoms with Gasteiger partial charge < -0.3 is 4.43 Å². The third-order valence-electron chi connectivity index (χ3n) is 9.48. The summed E-state index contributed by atoms with van der Waals surface area (Å²) >= 11 is 0. The Morgan fingerprint density at radius 1 is 0.629 bits per heavy atom. The molecule has 1 rings (SSSR count). The lowest BCUT2D eigenvalue weighted by atomic mass is 10.1. The first-order valence-corrected chi connectivity index (χ1v) is 24.7. The van der Waals surface area contributed by atoms with Crippen LogP contribution < -0.4 is 5.19 Å². The molecule has 0 aromatic heterocycles. The molecule has 0 aliphatic carbocycles. The topological polar surface area (TPSA) is 9.23 Å². The maximum Gasteiger partial charge on any atom is 0.229 e. The Labute approximate surface area is 225 Å². The second kappa shape index (κ2) is 10.2. The van der Waals surface area contributed by atoms with E-state index in [0.717, 1.165) is 0 Å². The van der Waals surface area contributed by atoms with E-state index in [1.807, 2.05) is 0 Å². The van der Waals surface area contributed by atoms with Gasteiger partial charge >= 0.3 is 0 Å². The van der Waals surface area contributed by atoms with E-state index < -0.39 is 30.2 Å². The van der Waals surface area contributed by atoms with Crippen molar-refractivity contribution in [1.29, 1.82) is 0 Å². The fourth-order valence-corrected chi connectivity index (χ4v) is 83.2. The van der Waals surface area contributed by atoms with Gasteiger partial charge in [-0.15, -0.1) is 0 Å². The normalized spacial score (nSPS) is 14.4. The molecule has 0 bridgehead atoms. The zero-order valence-electron chi connectivity index (χ0n) is 27.1. The molecule has 1 aromatic carbocycles. The summed E-state index contributed by atoms with van der Waals surface area (Å²) in [6.07, 6.45) is 0.250. The lowest BCUT2D eigenvalue weighted by Gasteiger charge is -2.61. The van der Waals surface area contributed by atoms with Crippen LogP contribution in [0.15, 0.2) is 12.1 Å². The molecular weight excluding hydrogens is 489 g/mol. The van der Waals surface area contributed by atoms with Gasteiger partial charge in [-0.1, -0.05) is 114 Å². The number of aryl methyl sites for hydroxylation is 3. The van der Waals surface area contributed by atoms with Crippen LogP contribution >= 0.6 is 0 Å². The molecule has 1 aromatic rings. The summed E-state index contributed by atoms with van der Waals surface area (Å²) < 4.78 is 7.39. The summed E-state index contributed by atoms with van der Waals surface area (Å²) in [6.45, 7) is 47.2. The van der Waals surface area contributed by atoms with E-state index in [1.165, 1.54) is 16.7 Å². The Morgan fingerprint density at radius 3 is 1.14 bits per heavy atom. The van der Waals surface area contributed by atoms with Gasteiger partial charge in [-0.05, 0) is 71.1 Å². The van der Waals surface area contributed by atoms with Gasteiger partial charge in [0.05, 0.1) is 21.3 Å². The standard InChI is InChI=1S/C30H60OSi4/c1-22(2)31-32(26-24(4)20-23(3)21-25(26)5)33(34(18,27(6,7)8)28(9,10)11)35(19,29(12,13)14)30(15,16)17/h20-22H,1-19H3. The van der Waals surface area contributed by atoms with Gasteiger partial charge in [0, 0.05) is 6.93 Å². The summed E-state index contributed by atoms with van der Waals surface area (Å²) in [7, 11) is -5.10. The summed E-state index contributed by atoms with van der Waals surface area (Å²) in [4.78, 5) is 0. The highest BCUT2D eigenvalue weighted by molar-refractivity contribution is 7.68. The average Bonchev–Trinajstić information content (AvgIpc) is 2.55. The van der Waals surface area contributed by atoms with E-state index in [9.17, 15) is 0 Å². The Kier molecular flexibility index (Phi) is 9.61. The Morgan fingerprint density at radius 2 is 0.914 bits per heavy atom. The smallest absolute Gasteiger partial charge is 0.229 e. The van der Waals surface area contributed by atoms with E-state index in [2.05, 4.69) is 143 Å². The third-order valence-corrected chi connectivity index (χ3v) is 65.4. The summed E-state index contributed by atoms with van der Waals surface area (Å²) in [5.74, 6) is 0. The van der Waals surface area contributed by atoms with Crippen LogP contribution in [0.3, 0.4) is 0 Å². The second-order valence-electron chi connectivity index (χ2n) is 15.9. The number of hydrogen-bond acceptors (Lipinski definition) is 1. The second-order valence-corrected chi connectivity index (χ2v) is 44.9. The molecule has 1 nitrogen and oxygen atoms in total. The van der Waals surface area contributed by atoms with E-state index in [4.69, 9.17) is 4.43 Å². The molecule has 35 heavy (non-hydrogen) atoms. The van der Waals surface area contributed by atoms with Gasteiger partial charge in [0.1, 0.15) is 0 Å². The van der Waals surface area contributed by atoms with Crippen LogP contribution in [0.2, 0.25) is 33.2 Å².